The van der Waals surface area contributed by atoms with Crippen LogP contribution < -0.4 is 0 Å². The number of hydrogen-bond acceptors (Lipinski definition) is 0. The molecule has 0 aromatic carbocycles. The Balaban J connectivity index is 5.63. The fourth-order valence-electron chi connectivity index (χ4n) is 1.45. The van der Waals surface area contributed by atoms with Gasteiger partial charge in [0.15, 0.2) is 0 Å². The van der Waals surface area contributed by atoms with E-state index in [1.54, 1.807) is 0 Å². The first-order valence-corrected chi connectivity index (χ1v) is 4.97. The Hall–Kier alpha value is -0.630. The van der Waals surface area contributed by atoms with Gasteiger partial charge in [-0.25, -0.2) is 0 Å². The number of hydrogen-bond donors (Lipinski definition) is 0. The highest BCUT2D eigenvalue weighted by Gasteiger charge is 2.82. The van der Waals surface area contributed by atoms with Crippen molar-refractivity contribution in [2.45, 2.75) is 50.6 Å². The van der Waals surface area contributed by atoms with E-state index in [1.165, 1.54) is 0 Å². The van der Waals surface area contributed by atoms with E-state index >= 15 is 0 Å². The van der Waals surface area contributed by atoms with Gasteiger partial charge in [-0.15, -0.1) is 0 Å². The average molecular weight is 290 g/mol. The lowest BCUT2D eigenvalue weighted by Gasteiger charge is -2.37. The number of halogens is 9. The minimum absolute atomic E-state index is 0.646. The molecule has 0 aliphatic heterocycles. The second kappa shape index (κ2) is 4.80. The van der Waals surface area contributed by atoms with Crippen LogP contribution in [0.25, 0.3) is 0 Å². The molecule has 0 bridgehead atoms. The van der Waals surface area contributed by atoms with Crippen LogP contribution in [0.15, 0.2) is 0 Å². The molecular weight excluding hydrogens is 279 g/mol. The topological polar surface area (TPSA) is 0 Å². The Labute approximate surface area is 97.1 Å². The van der Waals surface area contributed by atoms with Crippen LogP contribution in [-0.2, 0) is 0 Å². The SMILES string of the molecule is CCC(CC)C(F)(F)C(F)(F)C(F)(F)C(F)(F)F. The van der Waals surface area contributed by atoms with E-state index in [1.807, 2.05) is 0 Å². The van der Waals surface area contributed by atoms with Crippen molar-refractivity contribution in [2.75, 3.05) is 0 Å². The second-order valence-corrected chi connectivity index (χ2v) is 3.78. The quantitative estimate of drug-likeness (QED) is 0.632. The molecule has 0 heterocycles. The van der Waals surface area contributed by atoms with Crippen molar-refractivity contribution < 1.29 is 39.5 Å². The normalized spacial score (nSPS) is 15.3. The number of alkyl halides is 9. The Morgan fingerprint density at radius 3 is 1.22 bits per heavy atom. The zero-order valence-electron chi connectivity index (χ0n) is 9.39. The first-order chi connectivity index (χ1) is 7.77. The summed E-state index contributed by atoms with van der Waals surface area (Å²) in [6, 6.07) is 0. The van der Waals surface area contributed by atoms with E-state index in [4.69, 9.17) is 0 Å². The molecular formula is C9H11F9. The van der Waals surface area contributed by atoms with Crippen LogP contribution in [0.4, 0.5) is 39.5 Å². The van der Waals surface area contributed by atoms with Crippen molar-refractivity contribution in [3.63, 3.8) is 0 Å². The molecule has 9 heteroatoms. The van der Waals surface area contributed by atoms with Crippen molar-refractivity contribution in [1.29, 1.82) is 0 Å². The third-order valence-corrected chi connectivity index (χ3v) is 2.67. The first kappa shape index (κ1) is 17.4. The summed E-state index contributed by atoms with van der Waals surface area (Å²) in [5, 5.41) is 0. The maximum absolute atomic E-state index is 13.2. The van der Waals surface area contributed by atoms with Crippen LogP contribution in [0.1, 0.15) is 26.7 Å². The molecule has 0 spiro atoms. The summed E-state index contributed by atoms with van der Waals surface area (Å²) in [4.78, 5) is 0. The summed E-state index contributed by atoms with van der Waals surface area (Å²) in [6.45, 7) is 2.01. The van der Waals surface area contributed by atoms with Gasteiger partial charge in [-0.3, -0.25) is 0 Å². The maximum Gasteiger partial charge on any atom is 0.460 e. The zero-order chi connectivity index (χ0) is 15.0. The average Bonchev–Trinajstić information content (AvgIpc) is 2.16. The molecule has 0 radical (unpaired) electrons. The van der Waals surface area contributed by atoms with Crippen molar-refractivity contribution in [2.24, 2.45) is 5.92 Å². The highest BCUT2D eigenvalue weighted by molar-refractivity contribution is 5.02. The van der Waals surface area contributed by atoms with Crippen LogP contribution >= 0.6 is 0 Å². The van der Waals surface area contributed by atoms with Gasteiger partial charge in [0.2, 0.25) is 0 Å². The third-order valence-electron chi connectivity index (χ3n) is 2.67. The van der Waals surface area contributed by atoms with E-state index in [0.29, 0.717) is 0 Å². The zero-order valence-corrected chi connectivity index (χ0v) is 9.39. The summed E-state index contributed by atoms with van der Waals surface area (Å²) < 4.78 is 112. The predicted octanol–water partition coefficient (Wildman–Crippen LogP) is 4.89. The van der Waals surface area contributed by atoms with Gasteiger partial charge in [0, 0.05) is 5.92 Å². The molecule has 0 saturated heterocycles. The molecule has 0 saturated carbocycles. The summed E-state index contributed by atoms with van der Waals surface area (Å²) >= 11 is 0. The van der Waals surface area contributed by atoms with Crippen LogP contribution in [0.2, 0.25) is 0 Å². The van der Waals surface area contributed by atoms with Gasteiger partial charge in [0.05, 0.1) is 0 Å². The van der Waals surface area contributed by atoms with Crippen LogP contribution in [0.3, 0.4) is 0 Å². The molecule has 0 rings (SSSR count). The lowest BCUT2D eigenvalue weighted by Crippen LogP contribution is -2.62. The molecule has 0 aliphatic rings. The lowest BCUT2D eigenvalue weighted by molar-refractivity contribution is -0.403. The fraction of sp³-hybridized carbons (Fsp3) is 1.00. The Morgan fingerprint density at radius 1 is 0.667 bits per heavy atom. The molecule has 0 fully saturated rings. The first-order valence-electron chi connectivity index (χ1n) is 4.97. The summed E-state index contributed by atoms with van der Waals surface area (Å²) in [5.41, 5.74) is 0. The van der Waals surface area contributed by atoms with Crippen LogP contribution in [0.5, 0.6) is 0 Å². The molecule has 110 valence electrons. The molecule has 0 N–H and O–H groups in total. The predicted molar refractivity (Wildman–Crippen MR) is 45.0 cm³/mol. The summed E-state index contributed by atoms with van der Waals surface area (Å²) in [5.74, 6) is -21.0. The minimum atomic E-state index is -6.79. The molecule has 0 amide bonds. The van der Waals surface area contributed by atoms with Crippen molar-refractivity contribution in [3.05, 3.63) is 0 Å². The van der Waals surface area contributed by atoms with Gasteiger partial charge >= 0.3 is 23.9 Å². The van der Waals surface area contributed by atoms with E-state index in [9.17, 15) is 39.5 Å². The smallest absolute Gasteiger partial charge is 0.199 e. The molecule has 0 aromatic heterocycles. The molecule has 0 atom stereocenters. The van der Waals surface area contributed by atoms with Gasteiger partial charge < -0.3 is 0 Å². The monoisotopic (exact) mass is 290 g/mol. The van der Waals surface area contributed by atoms with Gasteiger partial charge in [-0.05, 0) is 12.8 Å². The number of rotatable bonds is 5. The maximum atomic E-state index is 13.2. The fourth-order valence-corrected chi connectivity index (χ4v) is 1.45. The Morgan fingerprint density at radius 2 is 1.00 bits per heavy atom. The molecule has 0 nitrogen and oxygen atoms in total. The molecule has 0 aliphatic carbocycles. The molecule has 0 unspecified atom stereocenters. The third kappa shape index (κ3) is 2.40. The van der Waals surface area contributed by atoms with E-state index < -0.39 is 42.7 Å². The van der Waals surface area contributed by atoms with Crippen LogP contribution in [0, 0.1) is 5.92 Å². The van der Waals surface area contributed by atoms with E-state index in [-0.39, 0.29) is 0 Å². The minimum Gasteiger partial charge on any atom is -0.199 e. The molecule has 0 aromatic rings. The Kier molecular flexibility index (Phi) is 4.64. The highest BCUT2D eigenvalue weighted by Crippen LogP contribution is 2.55. The van der Waals surface area contributed by atoms with Gasteiger partial charge in [0.25, 0.3) is 0 Å². The van der Waals surface area contributed by atoms with Crippen molar-refractivity contribution >= 4 is 0 Å². The lowest BCUT2D eigenvalue weighted by atomic mass is 9.88. The van der Waals surface area contributed by atoms with Gasteiger partial charge in [0.1, 0.15) is 0 Å². The van der Waals surface area contributed by atoms with E-state index in [2.05, 4.69) is 0 Å². The Bertz CT molecular complexity index is 274. The second-order valence-electron chi connectivity index (χ2n) is 3.78. The highest BCUT2D eigenvalue weighted by atomic mass is 19.4. The molecule has 18 heavy (non-hydrogen) atoms. The van der Waals surface area contributed by atoms with Crippen LogP contribution in [-0.4, -0.2) is 23.9 Å². The van der Waals surface area contributed by atoms with Gasteiger partial charge in [-0.2, -0.15) is 39.5 Å². The largest absolute Gasteiger partial charge is 0.460 e. The van der Waals surface area contributed by atoms with Crippen molar-refractivity contribution in [1.82, 2.24) is 0 Å². The van der Waals surface area contributed by atoms with E-state index in [0.717, 1.165) is 13.8 Å². The standard InChI is InChI=1S/C9H11F9/c1-3-5(4-2)6(10,11)7(12,13)8(14,15)9(16,17)18/h5H,3-4H2,1-2H3. The van der Waals surface area contributed by atoms with Gasteiger partial charge in [-0.1, -0.05) is 13.8 Å². The summed E-state index contributed by atoms with van der Waals surface area (Å²) in [6.07, 6.45) is -8.04. The van der Waals surface area contributed by atoms with Crippen molar-refractivity contribution in [3.8, 4) is 0 Å². The summed E-state index contributed by atoms with van der Waals surface area (Å²) in [7, 11) is 0.